The number of nitrogens with one attached hydrogen (secondary N) is 2. The van der Waals surface area contributed by atoms with Crippen molar-refractivity contribution in [1.29, 1.82) is 0 Å². The summed E-state index contributed by atoms with van der Waals surface area (Å²) < 4.78 is 5.33. The predicted octanol–water partition coefficient (Wildman–Crippen LogP) is 5.59. The second-order valence-electron chi connectivity index (χ2n) is 8.49. The van der Waals surface area contributed by atoms with Crippen LogP contribution < -0.4 is 15.4 Å². The Labute approximate surface area is 196 Å². The van der Waals surface area contributed by atoms with Crippen LogP contribution in [0.5, 0.6) is 11.5 Å². The van der Waals surface area contributed by atoms with Crippen molar-refractivity contribution in [3.05, 3.63) is 47.0 Å². The van der Waals surface area contributed by atoms with Crippen molar-refractivity contribution in [2.24, 2.45) is 5.92 Å². The zero-order chi connectivity index (χ0) is 24.1. The number of amides is 3. The molecule has 2 aromatic carbocycles. The highest BCUT2D eigenvalue weighted by molar-refractivity contribution is 5.95. The summed E-state index contributed by atoms with van der Waals surface area (Å²) >= 11 is 0. The number of hydrogen-bond donors (Lipinski definition) is 3. The zero-order valence-electron chi connectivity index (χ0n) is 20.2. The fraction of sp³-hybridized carbons (Fsp3) is 0.462. The molecule has 4 rings (SSSR count). The van der Waals surface area contributed by atoms with Gasteiger partial charge < -0.3 is 25.4 Å². The Hall–Kier alpha value is -3.22. The van der Waals surface area contributed by atoms with Gasteiger partial charge in [0.1, 0.15) is 11.5 Å². The summed E-state index contributed by atoms with van der Waals surface area (Å²) in [6.07, 6.45) is 3.01. The molecule has 178 valence electrons. The number of nitrogens with zero attached hydrogens (tertiary/aromatic N) is 1. The Morgan fingerprint density at radius 3 is 2.42 bits per heavy atom. The van der Waals surface area contributed by atoms with Gasteiger partial charge in [-0.2, -0.15) is 0 Å². The Morgan fingerprint density at radius 2 is 1.76 bits per heavy atom. The molecule has 1 saturated carbocycles. The molecule has 0 radical (unpaired) electrons. The minimum absolute atomic E-state index is 0.0126. The Kier molecular flexibility index (Phi) is 7.84. The van der Waals surface area contributed by atoms with Crippen LogP contribution in [0.15, 0.2) is 30.3 Å². The SMILES string of the molecule is CC.COc1cc(NC(=O)C2CCC(N3Cc4c(C)ccc(O)c4NC3=O)CC2)ccc1C. The average molecular weight is 454 g/mol. The number of aryl methyl sites for hydroxylation is 2. The van der Waals surface area contributed by atoms with Crippen LogP contribution in [0.2, 0.25) is 0 Å². The van der Waals surface area contributed by atoms with Crippen LogP contribution >= 0.6 is 0 Å². The van der Waals surface area contributed by atoms with Crippen molar-refractivity contribution >= 4 is 23.3 Å². The van der Waals surface area contributed by atoms with Crippen molar-refractivity contribution < 1.29 is 19.4 Å². The number of carbonyl (C=O) groups excluding carboxylic acids is 2. The number of methoxy groups -OCH3 is 1. The third kappa shape index (κ3) is 5.24. The number of hydrogen-bond acceptors (Lipinski definition) is 4. The maximum Gasteiger partial charge on any atom is 0.322 e. The first-order chi connectivity index (χ1) is 15.9. The van der Waals surface area contributed by atoms with Gasteiger partial charge in [-0.3, -0.25) is 4.79 Å². The average Bonchev–Trinajstić information content (AvgIpc) is 2.84. The first-order valence-corrected chi connectivity index (χ1v) is 11.7. The molecule has 7 heteroatoms. The molecule has 0 bridgehead atoms. The minimum Gasteiger partial charge on any atom is -0.506 e. The lowest BCUT2D eigenvalue weighted by Gasteiger charge is -2.39. The summed E-state index contributed by atoms with van der Waals surface area (Å²) in [4.78, 5) is 27.3. The number of rotatable bonds is 4. The van der Waals surface area contributed by atoms with E-state index in [1.54, 1.807) is 13.2 Å². The molecule has 0 unspecified atom stereocenters. The van der Waals surface area contributed by atoms with Crippen LogP contribution in [0.3, 0.4) is 0 Å². The monoisotopic (exact) mass is 453 g/mol. The van der Waals surface area contributed by atoms with E-state index in [9.17, 15) is 14.7 Å². The van der Waals surface area contributed by atoms with Crippen LogP contribution in [-0.4, -0.2) is 35.1 Å². The molecule has 0 atom stereocenters. The first kappa shape index (κ1) is 24.4. The van der Waals surface area contributed by atoms with Crippen LogP contribution in [0.4, 0.5) is 16.2 Å². The second kappa shape index (κ2) is 10.6. The topological polar surface area (TPSA) is 90.9 Å². The third-order valence-electron chi connectivity index (χ3n) is 6.53. The molecule has 2 aliphatic rings. The Balaban J connectivity index is 0.00000149. The number of urea groups is 1. The number of ether oxygens (including phenoxy) is 1. The maximum absolute atomic E-state index is 12.8. The van der Waals surface area contributed by atoms with Gasteiger partial charge in [-0.05, 0) is 62.8 Å². The van der Waals surface area contributed by atoms with E-state index in [-0.39, 0.29) is 29.6 Å². The highest BCUT2D eigenvalue weighted by atomic mass is 16.5. The lowest BCUT2D eigenvalue weighted by atomic mass is 9.84. The van der Waals surface area contributed by atoms with Gasteiger partial charge in [0.05, 0.1) is 19.3 Å². The maximum atomic E-state index is 12.8. The van der Waals surface area contributed by atoms with E-state index < -0.39 is 0 Å². The number of benzene rings is 2. The minimum atomic E-state index is -0.187. The number of fused-ring (bicyclic) bond motifs is 1. The number of phenolic OH excluding ortho intramolecular Hbond substituents is 1. The number of carbonyl (C=O) groups is 2. The first-order valence-electron chi connectivity index (χ1n) is 11.7. The van der Waals surface area contributed by atoms with Crippen molar-refractivity contribution in [3.8, 4) is 11.5 Å². The van der Waals surface area contributed by atoms with Crippen molar-refractivity contribution in [2.75, 3.05) is 17.7 Å². The molecular formula is C26H35N3O4. The van der Waals surface area contributed by atoms with Crippen LogP contribution in [0, 0.1) is 19.8 Å². The predicted molar refractivity (Wildman–Crippen MR) is 131 cm³/mol. The van der Waals surface area contributed by atoms with Gasteiger partial charge in [-0.1, -0.05) is 26.0 Å². The van der Waals surface area contributed by atoms with E-state index in [2.05, 4.69) is 10.6 Å². The van der Waals surface area contributed by atoms with E-state index in [1.165, 1.54) is 0 Å². The van der Waals surface area contributed by atoms with Crippen LogP contribution in [0.25, 0.3) is 0 Å². The highest BCUT2D eigenvalue weighted by Gasteiger charge is 2.35. The number of aromatic hydroxyl groups is 1. The molecule has 1 aliphatic carbocycles. The molecule has 7 nitrogen and oxygen atoms in total. The molecule has 0 aromatic heterocycles. The fourth-order valence-corrected chi connectivity index (χ4v) is 4.59. The van der Waals surface area contributed by atoms with Gasteiger partial charge in [0.15, 0.2) is 0 Å². The molecule has 1 fully saturated rings. The van der Waals surface area contributed by atoms with Gasteiger partial charge in [0.25, 0.3) is 0 Å². The summed E-state index contributed by atoms with van der Waals surface area (Å²) in [6.45, 7) is 8.42. The lowest BCUT2D eigenvalue weighted by molar-refractivity contribution is -0.121. The van der Waals surface area contributed by atoms with Crippen molar-refractivity contribution in [3.63, 3.8) is 0 Å². The van der Waals surface area contributed by atoms with E-state index in [0.717, 1.165) is 53.8 Å². The molecule has 2 aromatic rings. The molecule has 0 saturated heterocycles. The smallest absolute Gasteiger partial charge is 0.322 e. The number of anilines is 2. The van der Waals surface area contributed by atoms with Crippen molar-refractivity contribution in [1.82, 2.24) is 4.90 Å². The lowest BCUT2D eigenvalue weighted by Crippen LogP contribution is -2.47. The molecular weight excluding hydrogens is 418 g/mol. The molecule has 3 amide bonds. The zero-order valence-corrected chi connectivity index (χ0v) is 20.2. The van der Waals surface area contributed by atoms with E-state index in [1.807, 2.05) is 56.9 Å². The van der Waals surface area contributed by atoms with E-state index >= 15 is 0 Å². The largest absolute Gasteiger partial charge is 0.506 e. The van der Waals surface area contributed by atoms with Crippen LogP contribution in [0.1, 0.15) is 56.2 Å². The summed E-state index contributed by atoms with van der Waals surface area (Å²) in [7, 11) is 1.62. The normalized spacial score (nSPS) is 19.5. The molecule has 1 aliphatic heterocycles. The standard InChI is InChI=1S/C24H29N3O4.C2H6/c1-14-5-11-20(28)22-19(14)13-27(24(30)26-22)18-9-6-16(7-10-18)23(29)25-17-8-4-15(2)21(12-17)31-3;1-2/h4-5,8,11-12,16,18,28H,6-7,9-10,13H2,1-3H3,(H,25,29)(H,26,30);1-2H3. The summed E-state index contributed by atoms with van der Waals surface area (Å²) in [5.74, 6) is 0.786. The molecule has 1 heterocycles. The summed E-state index contributed by atoms with van der Waals surface area (Å²) in [5, 5.41) is 15.9. The fourth-order valence-electron chi connectivity index (χ4n) is 4.59. The highest BCUT2D eigenvalue weighted by Crippen LogP contribution is 2.37. The number of phenols is 1. The van der Waals surface area contributed by atoms with Crippen molar-refractivity contribution in [2.45, 2.75) is 66.0 Å². The molecule has 0 spiro atoms. The second-order valence-corrected chi connectivity index (χ2v) is 8.49. The summed E-state index contributed by atoms with van der Waals surface area (Å²) in [6, 6.07) is 9.02. The van der Waals surface area contributed by atoms with Gasteiger partial charge >= 0.3 is 6.03 Å². The van der Waals surface area contributed by atoms with Crippen LogP contribution in [-0.2, 0) is 11.3 Å². The van der Waals surface area contributed by atoms with Gasteiger partial charge in [0.2, 0.25) is 5.91 Å². The van der Waals surface area contributed by atoms with Gasteiger partial charge in [-0.15, -0.1) is 0 Å². The Morgan fingerprint density at radius 1 is 1.09 bits per heavy atom. The van der Waals surface area contributed by atoms with Gasteiger partial charge in [0, 0.05) is 29.3 Å². The van der Waals surface area contributed by atoms with E-state index in [4.69, 9.17) is 4.74 Å². The molecule has 33 heavy (non-hydrogen) atoms. The Bertz CT molecular complexity index is 1010. The molecule has 3 N–H and O–H groups in total. The van der Waals surface area contributed by atoms with Gasteiger partial charge in [-0.25, -0.2) is 4.79 Å². The quantitative estimate of drug-likeness (QED) is 0.527. The third-order valence-corrected chi connectivity index (χ3v) is 6.53. The summed E-state index contributed by atoms with van der Waals surface area (Å²) in [5.41, 5.74) is 4.26. The van der Waals surface area contributed by atoms with E-state index in [0.29, 0.717) is 12.2 Å².